The van der Waals surface area contributed by atoms with Gasteiger partial charge in [0.2, 0.25) is 0 Å². The molecular formula is C20H21N3O. The number of nitrogens with zero attached hydrogens (tertiary/aromatic N) is 2. The van der Waals surface area contributed by atoms with Gasteiger partial charge in [0.05, 0.1) is 16.8 Å². The topological polar surface area (TPSA) is 60.9 Å². The van der Waals surface area contributed by atoms with Crippen molar-refractivity contribution in [3.8, 4) is 11.3 Å². The van der Waals surface area contributed by atoms with Crippen LogP contribution in [0.5, 0.6) is 0 Å². The minimum atomic E-state index is -0.421. The first-order valence-electron chi connectivity index (χ1n) is 8.07. The van der Waals surface area contributed by atoms with Crippen molar-refractivity contribution in [2.45, 2.75) is 26.8 Å². The molecule has 4 nitrogen and oxygen atoms in total. The molecule has 0 bridgehead atoms. The molecule has 1 aromatic carbocycles. The first-order chi connectivity index (χ1) is 11.6. The van der Waals surface area contributed by atoms with Crippen LogP contribution in [0.1, 0.15) is 28.7 Å². The van der Waals surface area contributed by atoms with Gasteiger partial charge in [-0.1, -0.05) is 37.3 Å². The summed E-state index contributed by atoms with van der Waals surface area (Å²) in [7, 11) is 0. The molecular weight excluding hydrogens is 298 g/mol. The van der Waals surface area contributed by atoms with Crippen LogP contribution in [0.2, 0.25) is 0 Å². The fourth-order valence-corrected chi connectivity index (χ4v) is 3.32. The molecule has 0 aliphatic heterocycles. The number of nitrogens with two attached hydrogens (primary N) is 1. The highest BCUT2D eigenvalue weighted by Crippen LogP contribution is 2.33. The number of para-hydroxylation sites is 1. The van der Waals surface area contributed by atoms with Crippen LogP contribution in [0.4, 0.5) is 0 Å². The van der Waals surface area contributed by atoms with Crippen molar-refractivity contribution in [2.24, 2.45) is 5.73 Å². The van der Waals surface area contributed by atoms with Crippen LogP contribution in [0.25, 0.3) is 22.2 Å². The highest BCUT2D eigenvalue weighted by atomic mass is 16.1. The van der Waals surface area contributed by atoms with E-state index >= 15 is 0 Å². The molecule has 2 N–H and O–H groups in total. The number of benzene rings is 1. The zero-order valence-electron chi connectivity index (χ0n) is 14.0. The third-order valence-corrected chi connectivity index (χ3v) is 4.38. The molecule has 0 radical (unpaired) electrons. The maximum Gasteiger partial charge on any atom is 0.251 e. The van der Waals surface area contributed by atoms with Crippen molar-refractivity contribution in [3.63, 3.8) is 0 Å². The van der Waals surface area contributed by atoms with Gasteiger partial charge in [-0.15, -0.1) is 6.58 Å². The maximum atomic E-state index is 12.1. The second-order valence-electron chi connectivity index (χ2n) is 5.79. The zero-order valence-corrected chi connectivity index (χ0v) is 14.0. The maximum absolute atomic E-state index is 12.1. The summed E-state index contributed by atoms with van der Waals surface area (Å²) in [5.41, 5.74) is 10.7. The summed E-state index contributed by atoms with van der Waals surface area (Å²) in [4.78, 5) is 16.9. The van der Waals surface area contributed by atoms with Gasteiger partial charge in [0.1, 0.15) is 0 Å². The minimum absolute atomic E-state index is 0.421. The van der Waals surface area contributed by atoms with Crippen LogP contribution < -0.4 is 5.73 Å². The number of amides is 1. The number of allylic oxidation sites excluding steroid dienone is 1. The molecule has 0 aliphatic carbocycles. The molecule has 4 heteroatoms. The summed E-state index contributed by atoms with van der Waals surface area (Å²) in [5, 5.41) is 1.07. The molecule has 0 spiro atoms. The van der Waals surface area contributed by atoms with Gasteiger partial charge in [0.15, 0.2) is 0 Å². The van der Waals surface area contributed by atoms with E-state index in [-0.39, 0.29) is 0 Å². The van der Waals surface area contributed by atoms with Gasteiger partial charge in [0, 0.05) is 28.9 Å². The normalized spacial score (nSPS) is 10.9. The molecule has 0 atom stereocenters. The van der Waals surface area contributed by atoms with Crippen LogP contribution in [0.15, 0.2) is 49.1 Å². The average molecular weight is 319 g/mol. The van der Waals surface area contributed by atoms with E-state index in [1.54, 1.807) is 0 Å². The molecule has 0 saturated heterocycles. The lowest BCUT2D eigenvalue weighted by Gasteiger charge is -2.09. The quantitative estimate of drug-likeness (QED) is 0.726. The number of fused-ring (bicyclic) bond motifs is 1. The molecule has 24 heavy (non-hydrogen) atoms. The molecule has 2 heterocycles. The number of pyridine rings is 1. The van der Waals surface area contributed by atoms with Crippen molar-refractivity contribution >= 4 is 16.8 Å². The van der Waals surface area contributed by atoms with Crippen LogP contribution in [0.3, 0.4) is 0 Å². The van der Waals surface area contributed by atoms with E-state index in [1.807, 2.05) is 49.4 Å². The summed E-state index contributed by atoms with van der Waals surface area (Å²) in [6, 6.07) is 11.9. The zero-order chi connectivity index (χ0) is 17.3. The van der Waals surface area contributed by atoms with Crippen LogP contribution in [-0.2, 0) is 13.0 Å². The first-order valence-corrected chi connectivity index (χ1v) is 8.07. The molecule has 0 saturated carbocycles. The average Bonchev–Trinajstić information content (AvgIpc) is 2.87. The number of primary amides is 1. The van der Waals surface area contributed by atoms with E-state index in [1.165, 1.54) is 0 Å². The van der Waals surface area contributed by atoms with E-state index in [0.29, 0.717) is 12.1 Å². The Labute approximate surface area is 141 Å². The predicted molar refractivity (Wildman–Crippen MR) is 98.0 cm³/mol. The van der Waals surface area contributed by atoms with Gasteiger partial charge in [0.25, 0.3) is 5.91 Å². The lowest BCUT2D eigenvalue weighted by molar-refractivity contribution is 0.1000. The fourth-order valence-electron chi connectivity index (χ4n) is 3.32. The molecule has 0 aliphatic rings. The standard InChI is InChI=1S/C20H21N3O/c1-4-12-23-13(3)18(20(21)24)19(17(23)5-2)16-11-10-14-8-6-7-9-15(14)22-16/h4,6-11H,1,5,12H2,2-3H3,(H2,21,24). The molecule has 3 aromatic rings. The number of hydrogen-bond acceptors (Lipinski definition) is 2. The third-order valence-electron chi connectivity index (χ3n) is 4.38. The Morgan fingerprint density at radius 1 is 1.29 bits per heavy atom. The van der Waals surface area contributed by atoms with E-state index in [4.69, 9.17) is 10.7 Å². The second kappa shape index (κ2) is 6.32. The Morgan fingerprint density at radius 2 is 2.04 bits per heavy atom. The Bertz CT molecular complexity index is 937. The molecule has 3 rings (SSSR count). The molecule has 122 valence electrons. The van der Waals surface area contributed by atoms with Crippen molar-refractivity contribution in [1.82, 2.24) is 9.55 Å². The van der Waals surface area contributed by atoms with Crippen molar-refractivity contribution in [2.75, 3.05) is 0 Å². The van der Waals surface area contributed by atoms with E-state index in [0.717, 1.165) is 40.0 Å². The Kier molecular flexibility index (Phi) is 4.21. The molecule has 0 unspecified atom stereocenters. The van der Waals surface area contributed by atoms with Crippen LogP contribution in [0, 0.1) is 6.92 Å². The van der Waals surface area contributed by atoms with Crippen molar-refractivity contribution in [3.05, 3.63) is 66.0 Å². The number of rotatable bonds is 5. The lowest BCUT2D eigenvalue weighted by Crippen LogP contribution is -2.13. The van der Waals surface area contributed by atoms with Crippen LogP contribution in [-0.4, -0.2) is 15.5 Å². The van der Waals surface area contributed by atoms with E-state index < -0.39 is 5.91 Å². The highest BCUT2D eigenvalue weighted by Gasteiger charge is 2.24. The summed E-state index contributed by atoms with van der Waals surface area (Å²) < 4.78 is 2.10. The summed E-state index contributed by atoms with van der Waals surface area (Å²) in [6.45, 7) is 8.46. The number of carbonyl (C=O) groups excluding carboxylic acids is 1. The summed E-state index contributed by atoms with van der Waals surface area (Å²) in [5.74, 6) is -0.421. The van der Waals surface area contributed by atoms with Gasteiger partial charge in [-0.25, -0.2) is 4.98 Å². The first kappa shape index (κ1) is 16.0. The Balaban J connectivity index is 2.33. The predicted octanol–water partition coefficient (Wildman–Crippen LogP) is 3.86. The largest absolute Gasteiger partial charge is 0.366 e. The minimum Gasteiger partial charge on any atom is -0.366 e. The fraction of sp³-hybridized carbons (Fsp3) is 0.200. The van der Waals surface area contributed by atoms with Gasteiger partial charge in [-0.3, -0.25) is 4.79 Å². The van der Waals surface area contributed by atoms with Gasteiger partial charge >= 0.3 is 0 Å². The molecule has 0 fully saturated rings. The van der Waals surface area contributed by atoms with Crippen molar-refractivity contribution < 1.29 is 4.79 Å². The van der Waals surface area contributed by atoms with Gasteiger partial charge in [-0.2, -0.15) is 0 Å². The summed E-state index contributed by atoms with van der Waals surface area (Å²) >= 11 is 0. The smallest absolute Gasteiger partial charge is 0.251 e. The monoisotopic (exact) mass is 319 g/mol. The van der Waals surface area contributed by atoms with E-state index in [9.17, 15) is 4.79 Å². The highest BCUT2D eigenvalue weighted by molar-refractivity contribution is 6.02. The molecule has 1 amide bonds. The Morgan fingerprint density at radius 3 is 2.71 bits per heavy atom. The van der Waals surface area contributed by atoms with E-state index in [2.05, 4.69) is 18.1 Å². The summed E-state index contributed by atoms with van der Waals surface area (Å²) in [6.07, 6.45) is 2.61. The number of aromatic nitrogens is 2. The van der Waals surface area contributed by atoms with Crippen LogP contribution >= 0.6 is 0 Å². The van der Waals surface area contributed by atoms with Crippen molar-refractivity contribution in [1.29, 1.82) is 0 Å². The number of carbonyl (C=O) groups is 1. The molecule has 2 aromatic heterocycles. The van der Waals surface area contributed by atoms with Gasteiger partial charge in [-0.05, 0) is 25.5 Å². The Hall–Kier alpha value is -2.88. The second-order valence-corrected chi connectivity index (χ2v) is 5.79. The lowest BCUT2D eigenvalue weighted by atomic mass is 10.0. The number of hydrogen-bond donors (Lipinski definition) is 1. The SMILES string of the molecule is C=CCn1c(C)c(C(N)=O)c(-c2ccc3ccccc3n2)c1CC. The van der Waals surface area contributed by atoms with Gasteiger partial charge < -0.3 is 10.3 Å². The third kappa shape index (κ3) is 2.50.